The van der Waals surface area contributed by atoms with Crippen molar-refractivity contribution in [3.8, 4) is 0 Å². The lowest BCUT2D eigenvalue weighted by atomic mass is 9.93. The second-order valence-electron chi connectivity index (χ2n) is 10.8. The van der Waals surface area contributed by atoms with Crippen molar-refractivity contribution in [2.24, 2.45) is 11.8 Å². The fraction of sp³-hybridized carbons (Fsp3) is 0.250. The highest BCUT2D eigenvalue weighted by molar-refractivity contribution is 7.91. The molecular weight excluding hydrogens is 696 g/mol. The van der Waals surface area contributed by atoms with Crippen LogP contribution in [0.2, 0.25) is 5.02 Å². The van der Waals surface area contributed by atoms with Crippen LogP contribution in [0, 0.1) is 11.7 Å². The Hall–Kier alpha value is -4.80. The van der Waals surface area contributed by atoms with E-state index in [2.05, 4.69) is 4.98 Å². The summed E-state index contributed by atoms with van der Waals surface area (Å²) in [6.45, 7) is 1.47. The first-order valence-electron chi connectivity index (χ1n) is 14.5. The number of likely N-dealkylation sites (tertiary alicyclic amines) is 1. The lowest BCUT2D eigenvalue weighted by Crippen LogP contribution is -2.47. The Kier molecular flexibility index (Phi) is 11.2. The summed E-state index contributed by atoms with van der Waals surface area (Å²) in [5.74, 6) is -0.104. The summed E-state index contributed by atoms with van der Waals surface area (Å²) in [5.41, 5.74) is 0.451. The molecule has 2 unspecified atom stereocenters. The van der Waals surface area contributed by atoms with E-state index in [4.69, 9.17) is 27.3 Å². The summed E-state index contributed by atoms with van der Waals surface area (Å²) < 4.78 is 73.2. The van der Waals surface area contributed by atoms with E-state index in [0.717, 1.165) is 21.8 Å². The summed E-state index contributed by atoms with van der Waals surface area (Å²) >= 11 is 6.23. The highest BCUT2D eigenvalue weighted by Gasteiger charge is 2.47. The number of carboxylic acids is 2. The number of nitrogens with zero attached hydrogens (tertiary/aromatic N) is 3. The number of carbonyl (C=O) groups excluding carboxylic acids is 1. The first-order valence-corrected chi connectivity index (χ1v) is 16.5. The molecule has 49 heavy (non-hydrogen) atoms. The fourth-order valence-corrected chi connectivity index (χ4v) is 6.84. The highest BCUT2D eigenvalue weighted by atomic mass is 35.5. The van der Waals surface area contributed by atoms with Gasteiger partial charge in [0.15, 0.2) is 15.9 Å². The van der Waals surface area contributed by atoms with Crippen LogP contribution in [0.1, 0.15) is 36.6 Å². The van der Waals surface area contributed by atoms with Gasteiger partial charge >= 0.3 is 18.1 Å². The molecule has 11 nitrogen and oxygen atoms in total. The van der Waals surface area contributed by atoms with E-state index in [1.165, 1.54) is 36.1 Å². The van der Waals surface area contributed by atoms with Crippen molar-refractivity contribution < 1.29 is 50.6 Å². The zero-order chi connectivity index (χ0) is 36.3. The number of nitrogens with two attached hydrogens (primary N) is 1. The number of aromatic nitrogens is 1. The van der Waals surface area contributed by atoms with E-state index >= 15 is 4.39 Å². The maximum absolute atomic E-state index is 15.4. The van der Waals surface area contributed by atoms with Crippen molar-refractivity contribution in [1.29, 1.82) is 0 Å². The molecule has 1 aliphatic rings. The van der Waals surface area contributed by atoms with Crippen LogP contribution in [-0.4, -0.2) is 64.8 Å². The molecule has 1 fully saturated rings. The van der Waals surface area contributed by atoms with Gasteiger partial charge in [-0.25, -0.2) is 23.4 Å². The normalized spacial score (nSPS) is 16.8. The number of hydrazine groups is 1. The van der Waals surface area contributed by atoms with Crippen molar-refractivity contribution in [3.63, 3.8) is 0 Å². The van der Waals surface area contributed by atoms with Gasteiger partial charge in [-0.15, -0.1) is 0 Å². The number of carboxylic acid groups (broad SMARTS) is 2. The number of halogens is 5. The molecule has 3 atom stereocenters. The van der Waals surface area contributed by atoms with Gasteiger partial charge in [-0.3, -0.25) is 19.6 Å². The SMILES string of the molecule is CCS(=O)(=O)c1ccccc1C1C(C(=O)O)CCN1C(=O)[C@@H](c1cc(Cl)ccc1F)N(N)c1ccc2cnccc2c1.O=C(O)C(F)(F)F. The number of anilines is 1. The number of pyridine rings is 1. The molecular formula is C32H29ClF4N4O7S. The van der Waals surface area contributed by atoms with E-state index < -0.39 is 57.7 Å². The van der Waals surface area contributed by atoms with Gasteiger partial charge in [0.1, 0.15) is 5.82 Å². The Balaban J connectivity index is 0.000000698. The second-order valence-corrected chi connectivity index (χ2v) is 13.5. The van der Waals surface area contributed by atoms with Gasteiger partial charge in [0.05, 0.1) is 28.3 Å². The van der Waals surface area contributed by atoms with Gasteiger partial charge in [-0.1, -0.05) is 42.8 Å². The van der Waals surface area contributed by atoms with Crippen molar-refractivity contribution in [2.75, 3.05) is 17.3 Å². The average Bonchev–Trinajstić information content (AvgIpc) is 3.51. The van der Waals surface area contributed by atoms with Gasteiger partial charge in [-0.05, 0) is 59.8 Å². The first-order chi connectivity index (χ1) is 23.0. The van der Waals surface area contributed by atoms with Crippen LogP contribution in [0.3, 0.4) is 0 Å². The minimum atomic E-state index is -5.08. The number of sulfone groups is 1. The van der Waals surface area contributed by atoms with Crippen molar-refractivity contribution in [1.82, 2.24) is 9.88 Å². The molecule has 0 aliphatic carbocycles. The predicted molar refractivity (Wildman–Crippen MR) is 171 cm³/mol. The fourth-order valence-electron chi connectivity index (χ4n) is 5.51. The smallest absolute Gasteiger partial charge is 0.481 e. The minimum Gasteiger partial charge on any atom is -0.481 e. The van der Waals surface area contributed by atoms with E-state index in [1.807, 2.05) is 0 Å². The summed E-state index contributed by atoms with van der Waals surface area (Å²) in [5, 5.41) is 20.1. The van der Waals surface area contributed by atoms with E-state index in [-0.39, 0.29) is 39.8 Å². The van der Waals surface area contributed by atoms with E-state index in [9.17, 15) is 36.3 Å². The largest absolute Gasteiger partial charge is 0.490 e. The van der Waals surface area contributed by atoms with Crippen molar-refractivity contribution >= 4 is 55.7 Å². The Morgan fingerprint density at radius 2 is 1.73 bits per heavy atom. The van der Waals surface area contributed by atoms with Crippen LogP contribution < -0.4 is 10.9 Å². The van der Waals surface area contributed by atoms with Crippen LogP contribution in [0.25, 0.3) is 10.8 Å². The second kappa shape index (κ2) is 14.8. The zero-order valence-electron chi connectivity index (χ0n) is 25.5. The van der Waals surface area contributed by atoms with Crippen molar-refractivity contribution in [2.45, 2.75) is 36.5 Å². The molecule has 1 saturated heterocycles. The van der Waals surface area contributed by atoms with Crippen LogP contribution >= 0.6 is 11.6 Å². The lowest BCUT2D eigenvalue weighted by molar-refractivity contribution is -0.192. The number of fused-ring (bicyclic) bond motifs is 1. The Bertz CT molecular complexity index is 2000. The monoisotopic (exact) mass is 724 g/mol. The lowest BCUT2D eigenvalue weighted by Gasteiger charge is -2.36. The van der Waals surface area contributed by atoms with Gasteiger partial charge in [0.2, 0.25) is 0 Å². The molecule has 4 N–H and O–H groups in total. The first kappa shape index (κ1) is 37.0. The Labute approximate surface area is 282 Å². The molecule has 260 valence electrons. The Morgan fingerprint density at radius 3 is 2.37 bits per heavy atom. The topological polar surface area (TPSA) is 171 Å². The van der Waals surface area contributed by atoms with E-state index in [0.29, 0.717) is 5.69 Å². The number of aliphatic carboxylic acids is 2. The van der Waals surface area contributed by atoms with Gasteiger partial charge in [0.25, 0.3) is 5.91 Å². The van der Waals surface area contributed by atoms with Gasteiger partial charge < -0.3 is 15.1 Å². The molecule has 4 aromatic rings. The van der Waals surface area contributed by atoms with Crippen LogP contribution in [0.15, 0.2) is 84.0 Å². The van der Waals surface area contributed by atoms with Crippen LogP contribution in [0.5, 0.6) is 0 Å². The molecule has 0 radical (unpaired) electrons. The van der Waals surface area contributed by atoms with Gasteiger partial charge in [0, 0.05) is 34.9 Å². The number of benzene rings is 3. The number of hydrogen-bond donors (Lipinski definition) is 3. The maximum atomic E-state index is 15.4. The predicted octanol–water partition coefficient (Wildman–Crippen LogP) is 5.55. The summed E-state index contributed by atoms with van der Waals surface area (Å²) in [4.78, 5) is 41.1. The highest BCUT2D eigenvalue weighted by Crippen LogP contribution is 2.43. The Morgan fingerprint density at radius 1 is 1.06 bits per heavy atom. The number of amides is 1. The molecule has 3 aromatic carbocycles. The average molecular weight is 725 g/mol. The van der Waals surface area contributed by atoms with E-state index in [1.54, 1.807) is 48.8 Å². The molecule has 1 aromatic heterocycles. The molecule has 5 rings (SSSR count). The number of alkyl halides is 3. The molecule has 17 heteroatoms. The number of carbonyl (C=O) groups is 3. The third-order valence-corrected chi connectivity index (χ3v) is 9.92. The molecule has 0 spiro atoms. The van der Waals surface area contributed by atoms with Crippen LogP contribution in [-0.2, 0) is 24.2 Å². The van der Waals surface area contributed by atoms with Crippen LogP contribution in [0.4, 0.5) is 23.2 Å². The summed E-state index contributed by atoms with van der Waals surface area (Å²) in [6.07, 6.45) is -1.75. The standard InChI is InChI=1S/C30H28ClFN4O5S.C2HF3O2/c1-2-42(40,41)26-6-4-3-5-22(26)27-23(30(38)39)12-14-35(27)29(37)28(24-16-20(31)8-10-25(24)32)36(33)21-9-7-19-17-34-13-11-18(19)15-21;3-2(4,5)1(6)7/h3-11,13,15-17,23,27-28H,2,12,14,33H2,1H3,(H,38,39);(H,6,7)/t23?,27?,28-;/m1./s1. The molecule has 0 saturated carbocycles. The molecule has 1 amide bonds. The maximum Gasteiger partial charge on any atom is 0.490 e. The third kappa shape index (κ3) is 8.09. The summed E-state index contributed by atoms with van der Waals surface area (Å²) in [7, 11) is -3.78. The van der Waals surface area contributed by atoms with Crippen molar-refractivity contribution in [3.05, 3.63) is 101 Å². The van der Waals surface area contributed by atoms with Gasteiger partial charge in [-0.2, -0.15) is 13.2 Å². The molecule has 1 aliphatic heterocycles. The third-order valence-electron chi connectivity index (χ3n) is 7.88. The number of hydrogen-bond acceptors (Lipinski definition) is 8. The summed E-state index contributed by atoms with van der Waals surface area (Å²) in [6, 6.07) is 14.1. The molecule has 0 bridgehead atoms. The molecule has 2 heterocycles. The zero-order valence-corrected chi connectivity index (χ0v) is 27.1. The minimum absolute atomic E-state index is 0.0170. The number of rotatable bonds is 8. The quantitative estimate of drug-likeness (QED) is 0.119.